The van der Waals surface area contributed by atoms with Crippen LogP contribution in [0.25, 0.3) is 0 Å². The van der Waals surface area contributed by atoms with Crippen molar-refractivity contribution in [3.8, 4) is 5.75 Å². The van der Waals surface area contributed by atoms with Crippen LogP contribution in [-0.2, 0) is 14.8 Å². The smallest absolute Gasteiger partial charge is 0.255 e. The molecule has 0 aliphatic carbocycles. The maximum absolute atomic E-state index is 12.8. The minimum absolute atomic E-state index is 0.0365. The van der Waals surface area contributed by atoms with E-state index < -0.39 is 16.1 Å². The van der Waals surface area contributed by atoms with Crippen LogP contribution in [-0.4, -0.2) is 50.0 Å². The van der Waals surface area contributed by atoms with Crippen molar-refractivity contribution in [3.05, 3.63) is 54.1 Å². The number of carbonyl (C=O) groups is 2. The first-order valence-corrected chi connectivity index (χ1v) is 12.3. The van der Waals surface area contributed by atoms with Gasteiger partial charge >= 0.3 is 0 Å². The fourth-order valence-corrected chi connectivity index (χ4v) is 5.43. The Morgan fingerprint density at radius 1 is 1.00 bits per heavy atom. The molecule has 1 aliphatic heterocycles. The van der Waals surface area contributed by atoms with Gasteiger partial charge in [0.05, 0.1) is 12.9 Å². The lowest BCUT2D eigenvalue weighted by Gasteiger charge is -2.33. The molecule has 0 spiro atoms. The van der Waals surface area contributed by atoms with Crippen LogP contribution in [0.15, 0.2) is 48.5 Å². The third kappa shape index (κ3) is 5.86. The molecule has 2 N–H and O–H groups in total. The van der Waals surface area contributed by atoms with Gasteiger partial charge in [0.15, 0.2) is 0 Å². The second kappa shape index (κ2) is 10.6. The van der Waals surface area contributed by atoms with Gasteiger partial charge in [-0.25, -0.2) is 8.42 Å². The molecule has 0 saturated carbocycles. The van der Waals surface area contributed by atoms with Crippen LogP contribution in [0.3, 0.4) is 0 Å². The number of rotatable bonds is 8. The summed E-state index contributed by atoms with van der Waals surface area (Å²) in [5, 5.41) is 5.59. The van der Waals surface area contributed by atoms with Crippen LogP contribution in [0, 0.1) is 0 Å². The molecule has 0 aromatic heterocycles. The molecule has 0 radical (unpaired) electrons. The summed E-state index contributed by atoms with van der Waals surface area (Å²) in [4.78, 5) is 25.3. The van der Waals surface area contributed by atoms with Gasteiger partial charge in [-0.15, -0.1) is 0 Å². The fourth-order valence-electron chi connectivity index (χ4n) is 3.68. The van der Waals surface area contributed by atoms with Crippen LogP contribution >= 0.6 is 0 Å². The zero-order chi connectivity index (χ0) is 23.1. The standard InChI is InChI=1S/C23H29N3O5S/c1-3-16-32(29,30)26-15-5-4-6-21(26)23(28)25-18-9-7-17(8-10-18)22(27)24-19-11-13-20(31-2)14-12-19/h7-14,21H,3-6,15-16H2,1-2H3,(H,24,27)(H,25,28). The number of nitrogens with one attached hydrogen (secondary N) is 2. The van der Waals surface area contributed by atoms with E-state index >= 15 is 0 Å². The Balaban J connectivity index is 1.63. The lowest BCUT2D eigenvalue weighted by molar-refractivity contribution is -0.120. The largest absolute Gasteiger partial charge is 0.497 e. The molecule has 9 heteroatoms. The number of hydrogen-bond acceptors (Lipinski definition) is 5. The lowest BCUT2D eigenvalue weighted by atomic mass is 10.0. The van der Waals surface area contributed by atoms with E-state index in [-0.39, 0.29) is 17.6 Å². The van der Waals surface area contributed by atoms with Crippen molar-refractivity contribution >= 4 is 33.2 Å². The number of hydrogen-bond donors (Lipinski definition) is 2. The van der Waals surface area contributed by atoms with Gasteiger partial charge in [0.25, 0.3) is 5.91 Å². The van der Waals surface area contributed by atoms with E-state index in [2.05, 4.69) is 10.6 Å². The van der Waals surface area contributed by atoms with Crippen LogP contribution in [0.4, 0.5) is 11.4 Å². The Morgan fingerprint density at radius 2 is 1.62 bits per heavy atom. The number of nitrogens with zero attached hydrogens (tertiary/aromatic N) is 1. The van der Waals surface area contributed by atoms with E-state index in [4.69, 9.17) is 4.74 Å². The number of amides is 2. The average Bonchev–Trinajstić information content (AvgIpc) is 2.80. The monoisotopic (exact) mass is 459 g/mol. The zero-order valence-corrected chi connectivity index (χ0v) is 19.2. The molecule has 2 aromatic rings. The number of carbonyl (C=O) groups excluding carboxylic acids is 2. The number of piperidine rings is 1. The van der Waals surface area contributed by atoms with Crippen molar-refractivity contribution in [3.63, 3.8) is 0 Å². The highest BCUT2D eigenvalue weighted by atomic mass is 32.2. The lowest BCUT2D eigenvalue weighted by Crippen LogP contribution is -2.50. The molecule has 8 nitrogen and oxygen atoms in total. The number of methoxy groups -OCH3 is 1. The number of anilines is 2. The molecule has 1 fully saturated rings. The van der Waals surface area contributed by atoms with Gasteiger partial charge in [-0.3, -0.25) is 9.59 Å². The molecule has 1 atom stereocenters. The second-order valence-electron chi connectivity index (χ2n) is 7.69. The highest BCUT2D eigenvalue weighted by Gasteiger charge is 2.36. The molecular weight excluding hydrogens is 430 g/mol. The van der Waals surface area contributed by atoms with Gasteiger partial charge in [0.2, 0.25) is 15.9 Å². The van der Waals surface area contributed by atoms with Crippen molar-refractivity contribution in [1.82, 2.24) is 4.31 Å². The maximum Gasteiger partial charge on any atom is 0.255 e. The normalized spacial score (nSPS) is 16.9. The second-order valence-corrected chi connectivity index (χ2v) is 9.73. The van der Waals surface area contributed by atoms with Crippen LogP contribution in [0.5, 0.6) is 5.75 Å². The quantitative estimate of drug-likeness (QED) is 0.629. The first-order valence-electron chi connectivity index (χ1n) is 10.7. The number of ether oxygens (including phenoxy) is 1. The summed E-state index contributed by atoms with van der Waals surface area (Å²) >= 11 is 0. The molecule has 1 unspecified atom stereocenters. The number of benzene rings is 2. The number of sulfonamides is 1. The molecule has 2 aromatic carbocycles. The highest BCUT2D eigenvalue weighted by Crippen LogP contribution is 2.23. The molecule has 1 saturated heterocycles. The fraction of sp³-hybridized carbons (Fsp3) is 0.391. The van der Waals surface area contributed by atoms with E-state index in [1.54, 1.807) is 55.6 Å². The van der Waals surface area contributed by atoms with Gasteiger partial charge in [-0.1, -0.05) is 13.3 Å². The third-order valence-corrected chi connectivity index (χ3v) is 7.41. The van der Waals surface area contributed by atoms with Crippen molar-refractivity contribution in [1.29, 1.82) is 0 Å². The van der Waals surface area contributed by atoms with E-state index in [0.29, 0.717) is 42.1 Å². The Bertz CT molecular complexity index is 1040. The molecule has 1 heterocycles. The molecule has 2 amide bonds. The molecule has 172 valence electrons. The van der Waals surface area contributed by atoms with Gasteiger partial charge in [0.1, 0.15) is 11.8 Å². The average molecular weight is 460 g/mol. The van der Waals surface area contributed by atoms with Crippen molar-refractivity contribution in [2.75, 3.05) is 30.0 Å². The van der Waals surface area contributed by atoms with Gasteiger partial charge in [0, 0.05) is 23.5 Å². The Kier molecular flexibility index (Phi) is 7.87. The van der Waals surface area contributed by atoms with E-state index in [1.165, 1.54) is 4.31 Å². The Morgan fingerprint density at radius 3 is 2.25 bits per heavy atom. The summed E-state index contributed by atoms with van der Waals surface area (Å²) < 4.78 is 31.5. The summed E-state index contributed by atoms with van der Waals surface area (Å²) in [6.07, 6.45) is 2.57. The maximum atomic E-state index is 12.8. The van der Waals surface area contributed by atoms with Crippen molar-refractivity contribution < 1.29 is 22.7 Å². The Hall–Kier alpha value is -2.91. The first kappa shape index (κ1) is 23.7. The molecule has 1 aliphatic rings. The summed E-state index contributed by atoms with van der Waals surface area (Å²) in [6.45, 7) is 2.17. The topological polar surface area (TPSA) is 105 Å². The van der Waals surface area contributed by atoms with Gasteiger partial charge in [-0.2, -0.15) is 4.31 Å². The molecular formula is C23H29N3O5S. The van der Waals surface area contributed by atoms with E-state index in [0.717, 1.165) is 12.8 Å². The van der Waals surface area contributed by atoms with Crippen LogP contribution < -0.4 is 15.4 Å². The summed E-state index contributed by atoms with van der Waals surface area (Å²) in [5.74, 6) is 0.105. The zero-order valence-electron chi connectivity index (χ0n) is 18.3. The summed E-state index contributed by atoms with van der Waals surface area (Å²) in [6, 6.07) is 12.8. The molecule has 3 rings (SSSR count). The first-order chi connectivity index (χ1) is 15.3. The van der Waals surface area contributed by atoms with Crippen molar-refractivity contribution in [2.45, 2.75) is 38.6 Å². The Labute approximate surface area is 189 Å². The van der Waals surface area contributed by atoms with Crippen molar-refractivity contribution in [2.24, 2.45) is 0 Å². The molecule has 0 bridgehead atoms. The molecule has 32 heavy (non-hydrogen) atoms. The predicted octanol–water partition coefficient (Wildman–Crippen LogP) is 3.48. The van der Waals surface area contributed by atoms with Crippen LogP contribution in [0.1, 0.15) is 43.0 Å². The van der Waals surface area contributed by atoms with Gasteiger partial charge in [-0.05, 0) is 67.8 Å². The third-order valence-electron chi connectivity index (χ3n) is 5.34. The van der Waals surface area contributed by atoms with E-state index in [9.17, 15) is 18.0 Å². The SMILES string of the molecule is CCCS(=O)(=O)N1CCCCC1C(=O)Nc1ccc(C(=O)Nc2ccc(OC)cc2)cc1. The summed E-state index contributed by atoms with van der Waals surface area (Å²) in [7, 11) is -1.89. The predicted molar refractivity (Wildman–Crippen MR) is 124 cm³/mol. The highest BCUT2D eigenvalue weighted by molar-refractivity contribution is 7.89. The van der Waals surface area contributed by atoms with Crippen LogP contribution in [0.2, 0.25) is 0 Å². The van der Waals surface area contributed by atoms with E-state index in [1.807, 2.05) is 6.92 Å². The summed E-state index contributed by atoms with van der Waals surface area (Å²) in [5.41, 5.74) is 1.58. The minimum Gasteiger partial charge on any atom is -0.497 e. The van der Waals surface area contributed by atoms with Gasteiger partial charge < -0.3 is 15.4 Å². The minimum atomic E-state index is -3.46.